The second-order valence-electron chi connectivity index (χ2n) is 17.1. The molecule has 0 aliphatic carbocycles. The van der Waals surface area contributed by atoms with E-state index in [4.69, 9.17) is 0 Å². The van der Waals surface area contributed by atoms with Crippen molar-refractivity contribution >= 4 is 5.91 Å². The predicted molar refractivity (Wildman–Crippen MR) is 241 cm³/mol. The van der Waals surface area contributed by atoms with Crippen LogP contribution in [0.5, 0.6) is 0 Å². The summed E-state index contributed by atoms with van der Waals surface area (Å²) >= 11 is 0. The number of hydrogen-bond donors (Lipinski definition) is 4. The molecule has 5 heteroatoms. The number of unbranched alkanes of at least 4 members (excludes halogenated alkanes) is 34. The Morgan fingerprint density at radius 1 is 0.455 bits per heavy atom. The van der Waals surface area contributed by atoms with Crippen molar-refractivity contribution in [3.05, 3.63) is 24.3 Å². The number of rotatable bonds is 45. The van der Waals surface area contributed by atoms with E-state index < -0.39 is 18.2 Å². The second-order valence-corrected chi connectivity index (χ2v) is 17.1. The minimum absolute atomic E-state index is 0.0137. The van der Waals surface area contributed by atoms with Crippen molar-refractivity contribution in [3.8, 4) is 0 Å². The van der Waals surface area contributed by atoms with Crippen LogP contribution in [0.3, 0.4) is 0 Å². The molecular formula is C50H97NO4. The van der Waals surface area contributed by atoms with Gasteiger partial charge in [0.2, 0.25) is 5.91 Å². The van der Waals surface area contributed by atoms with E-state index in [0.29, 0.717) is 6.42 Å². The minimum Gasteiger partial charge on any atom is -0.394 e. The molecule has 0 radical (unpaired) electrons. The summed E-state index contributed by atoms with van der Waals surface area (Å²) < 4.78 is 0. The van der Waals surface area contributed by atoms with E-state index in [9.17, 15) is 20.1 Å². The third-order valence-corrected chi connectivity index (χ3v) is 11.5. The lowest BCUT2D eigenvalue weighted by molar-refractivity contribution is -0.124. The molecule has 0 bridgehead atoms. The number of aliphatic hydroxyl groups excluding tert-OH is 3. The van der Waals surface area contributed by atoms with Gasteiger partial charge in [0.1, 0.15) is 0 Å². The summed E-state index contributed by atoms with van der Waals surface area (Å²) in [6, 6.07) is -0.743. The van der Waals surface area contributed by atoms with Gasteiger partial charge < -0.3 is 20.6 Å². The summed E-state index contributed by atoms with van der Waals surface area (Å²) in [6.07, 6.45) is 56.2. The molecule has 55 heavy (non-hydrogen) atoms. The van der Waals surface area contributed by atoms with Crippen LogP contribution in [0.4, 0.5) is 0 Å². The molecule has 0 rings (SSSR count). The van der Waals surface area contributed by atoms with Crippen LogP contribution in [-0.2, 0) is 4.79 Å². The third kappa shape index (κ3) is 42.3. The highest BCUT2D eigenvalue weighted by Gasteiger charge is 2.20. The molecule has 0 aliphatic rings. The summed E-state index contributed by atoms with van der Waals surface area (Å²) in [7, 11) is 0. The number of aliphatic hydroxyl groups is 3. The third-order valence-electron chi connectivity index (χ3n) is 11.5. The van der Waals surface area contributed by atoms with Crippen molar-refractivity contribution < 1.29 is 20.1 Å². The molecule has 0 heterocycles. The zero-order valence-electron chi connectivity index (χ0n) is 37.1. The molecule has 0 saturated heterocycles. The van der Waals surface area contributed by atoms with Crippen LogP contribution in [0.25, 0.3) is 0 Å². The Hall–Kier alpha value is -1.17. The first kappa shape index (κ1) is 53.8. The highest BCUT2D eigenvalue weighted by Crippen LogP contribution is 2.16. The molecule has 5 nitrogen and oxygen atoms in total. The maximum atomic E-state index is 12.5. The van der Waals surface area contributed by atoms with Gasteiger partial charge in [-0.05, 0) is 44.9 Å². The number of carbonyl (C=O) groups is 1. The lowest BCUT2D eigenvalue weighted by Crippen LogP contribution is -2.45. The van der Waals surface area contributed by atoms with Crippen molar-refractivity contribution in [2.45, 2.75) is 283 Å². The van der Waals surface area contributed by atoms with Crippen LogP contribution in [0.2, 0.25) is 0 Å². The summed E-state index contributed by atoms with van der Waals surface area (Å²) in [5.41, 5.74) is 0. The highest BCUT2D eigenvalue weighted by molar-refractivity contribution is 5.76. The summed E-state index contributed by atoms with van der Waals surface area (Å²) in [6.45, 7) is 4.23. The normalized spacial score (nSPS) is 13.6. The van der Waals surface area contributed by atoms with Crippen LogP contribution >= 0.6 is 0 Å². The Kier molecular flexibility index (Phi) is 44.6. The SMILES string of the molecule is CCCCCCCCCCCCCC/C=C\CCCCCCCCCCC(O)CC(=O)NC(CO)C(O)/C=C/CCCCCCCCCCCCCCCC. The van der Waals surface area contributed by atoms with Crippen LogP contribution < -0.4 is 5.32 Å². The van der Waals surface area contributed by atoms with Crippen molar-refractivity contribution in [2.24, 2.45) is 0 Å². The number of nitrogens with one attached hydrogen (secondary N) is 1. The van der Waals surface area contributed by atoms with Crippen LogP contribution in [-0.4, -0.2) is 46.1 Å². The lowest BCUT2D eigenvalue weighted by Gasteiger charge is -2.21. The van der Waals surface area contributed by atoms with Gasteiger partial charge in [0.05, 0.1) is 31.3 Å². The summed E-state index contributed by atoms with van der Waals surface area (Å²) in [5, 5.41) is 33.3. The maximum absolute atomic E-state index is 12.5. The topological polar surface area (TPSA) is 89.8 Å². The molecule has 0 aliphatic heterocycles. The van der Waals surface area contributed by atoms with E-state index >= 15 is 0 Å². The van der Waals surface area contributed by atoms with Gasteiger partial charge in [-0.1, -0.05) is 237 Å². The number of carbonyl (C=O) groups excluding carboxylic acids is 1. The van der Waals surface area contributed by atoms with E-state index in [0.717, 1.165) is 25.7 Å². The van der Waals surface area contributed by atoms with Crippen molar-refractivity contribution in [1.29, 1.82) is 0 Å². The average molecular weight is 776 g/mol. The fraction of sp³-hybridized carbons (Fsp3) is 0.900. The van der Waals surface area contributed by atoms with Gasteiger partial charge in [0, 0.05) is 0 Å². The minimum atomic E-state index is -0.928. The van der Waals surface area contributed by atoms with E-state index in [2.05, 4.69) is 31.3 Å². The van der Waals surface area contributed by atoms with Crippen molar-refractivity contribution in [3.63, 3.8) is 0 Å². The molecule has 1 amide bonds. The molecule has 0 aromatic carbocycles. The smallest absolute Gasteiger partial charge is 0.222 e. The van der Waals surface area contributed by atoms with Gasteiger partial charge >= 0.3 is 0 Å². The molecule has 3 unspecified atom stereocenters. The number of hydrogen-bond acceptors (Lipinski definition) is 4. The zero-order chi connectivity index (χ0) is 40.1. The Bertz CT molecular complexity index is 814. The molecule has 0 saturated carbocycles. The average Bonchev–Trinajstić information content (AvgIpc) is 3.18. The van der Waals surface area contributed by atoms with Crippen LogP contribution in [0, 0.1) is 0 Å². The Labute approximate surface area is 343 Å². The summed E-state index contributed by atoms with van der Waals surface area (Å²) in [4.78, 5) is 12.5. The quantitative estimate of drug-likeness (QED) is 0.0366. The van der Waals surface area contributed by atoms with Crippen molar-refractivity contribution in [2.75, 3.05) is 6.61 Å². The first-order chi connectivity index (χ1) is 27.0. The fourth-order valence-corrected chi connectivity index (χ4v) is 7.69. The second kappa shape index (κ2) is 45.5. The van der Waals surface area contributed by atoms with Gasteiger partial charge in [0.15, 0.2) is 0 Å². The Morgan fingerprint density at radius 2 is 0.764 bits per heavy atom. The van der Waals surface area contributed by atoms with E-state index in [1.807, 2.05) is 6.08 Å². The molecule has 4 N–H and O–H groups in total. The molecule has 3 atom stereocenters. The Morgan fingerprint density at radius 3 is 1.11 bits per heavy atom. The highest BCUT2D eigenvalue weighted by atomic mass is 16.3. The molecule has 0 aromatic heterocycles. The van der Waals surface area contributed by atoms with E-state index in [1.54, 1.807) is 6.08 Å². The number of allylic oxidation sites excluding steroid dienone is 3. The van der Waals surface area contributed by atoms with Gasteiger partial charge in [-0.2, -0.15) is 0 Å². The maximum Gasteiger partial charge on any atom is 0.222 e. The monoisotopic (exact) mass is 776 g/mol. The van der Waals surface area contributed by atoms with Crippen LogP contribution in [0.1, 0.15) is 264 Å². The lowest BCUT2D eigenvalue weighted by atomic mass is 10.0. The largest absolute Gasteiger partial charge is 0.394 e. The molecule has 0 spiro atoms. The van der Waals surface area contributed by atoms with Gasteiger partial charge in [-0.3, -0.25) is 4.79 Å². The van der Waals surface area contributed by atoms with Gasteiger partial charge in [-0.25, -0.2) is 0 Å². The first-order valence-electron chi connectivity index (χ1n) is 24.6. The molecule has 0 aromatic rings. The van der Waals surface area contributed by atoms with Crippen molar-refractivity contribution in [1.82, 2.24) is 5.32 Å². The molecule has 326 valence electrons. The summed E-state index contributed by atoms with van der Waals surface area (Å²) in [5.74, 6) is -0.315. The van der Waals surface area contributed by atoms with E-state index in [1.165, 1.54) is 212 Å². The van der Waals surface area contributed by atoms with E-state index in [-0.39, 0.29) is 18.9 Å². The molecular weight excluding hydrogens is 679 g/mol. The Balaban J connectivity index is 3.60. The predicted octanol–water partition coefficient (Wildman–Crippen LogP) is 14.6. The zero-order valence-corrected chi connectivity index (χ0v) is 37.1. The van der Waals surface area contributed by atoms with Gasteiger partial charge in [-0.15, -0.1) is 0 Å². The first-order valence-corrected chi connectivity index (χ1v) is 24.6. The van der Waals surface area contributed by atoms with Crippen LogP contribution in [0.15, 0.2) is 24.3 Å². The van der Waals surface area contributed by atoms with Gasteiger partial charge in [0.25, 0.3) is 0 Å². The fourth-order valence-electron chi connectivity index (χ4n) is 7.69. The molecule has 0 fully saturated rings. The number of amides is 1. The standard InChI is InChI=1S/C50H97NO4/c1-3-5-7-9-11-13-15-17-19-21-22-23-24-25-26-27-28-29-31-33-35-37-39-41-43-47(53)45-50(55)51-48(46-52)49(54)44-42-40-38-36-34-32-30-20-18-16-14-12-10-8-6-4-2/h25-26,42,44,47-49,52-54H,3-24,27-41,43,45-46H2,1-2H3,(H,51,55)/b26-25-,44-42+.